The highest BCUT2D eigenvalue weighted by molar-refractivity contribution is 7.86. The van der Waals surface area contributed by atoms with Gasteiger partial charge in [-0.2, -0.15) is 17.0 Å². The minimum Gasteiger partial charge on any atom is -0.339 e. The fourth-order valence-electron chi connectivity index (χ4n) is 3.11. The van der Waals surface area contributed by atoms with Crippen molar-refractivity contribution in [2.45, 2.75) is 25.7 Å². The van der Waals surface area contributed by atoms with Crippen molar-refractivity contribution in [1.82, 2.24) is 23.6 Å². The lowest BCUT2D eigenvalue weighted by Gasteiger charge is -2.33. The molecule has 0 bridgehead atoms. The maximum atomic E-state index is 12.4. The highest BCUT2D eigenvalue weighted by atomic mass is 32.2. The van der Waals surface area contributed by atoms with Gasteiger partial charge in [0.25, 0.3) is 10.2 Å². The van der Waals surface area contributed by atoms with E-state index in [2.05, 4.69) is 20.3 Å². The Morgan fingerprint density at radius 1 is 1.27 bits per heavy atom. The zero-order valence-electron chi connectivity index (χ0n) is 15.3. The standard InChI is InChI=1S/C17H24N6O2S/c1-13-9-15(21-17-11-18-6-7-19-17)10-16(20-13)14-5-4-8-23(12-14)26(24,25)22(2)3/h6-7,9-11,14H,4-5,8,12H2,1-3H3,(H,19,20,21)/t14-/m1/s1. The van der Waals surface area contributed by atoms with Crippen LogP contribution in [0.1, 0.15) is 30.1 Å². The van der Waals surface area contributed by atoms with Gasteiger partial charge in [0.15, 0.2) is 0 Å². The molecule has 26 heavy (non-hydrogen) atoms. The molecule has 0 radical (unpaired) electrons. The number of nitrogens with one attached hydrogen (secondary N) is 1. The summed E-state index contributed by atoms with van der Waals surface area (Å²) in [4.78, 5) is 12.9. The fourth-order valence-corrected chi connectivity index (χ4v) is 4.30. The molecule has 3 rings (SSSR count). The van der Waals surface area contributed by atoms with Crippen molar-refractivity contribution < 1.29 is 8.42 Å². The second-order valence-corrected chi connectivity index (χ2v) is 8.77. The third-order valence-corrected chi connectivity index (χ3v) is 6.31. The van der Waals surface area contributed by atoms with Crippen LogP contribution in [0, 0.1) is 6.92 Å². The molecule has 140 valence electrons. The van der Waals surface area contributed by atoms with Gasteiger partial charge in [-0.1, -0.05) is 0 Å². The van der Waals surface area contributed by atoms with Crippen molar-refractivity contribution in [2.24, 2.45) is 0 Å². The molecule has 1 saturated heterocycles. The molecule has 8 nitrogen and oxygen atoms in total. The third kappa shape index (κ3) is 4.17. The summed E-state index contributed by atoms with van der Waals surface area (Å²) in [6.45, 7) is 2.93. The molecule has 0 unspecified atom stereocenters. The van der Waals surface area contributed by atoms with E-state index in [1.54, 1.807) is 37.0 Å². The van der Waals surface area contributed by atoms with Crippen LogP contribution in [-0.4, -0.2) is 59.2 Å². The van der Waals surface area contributed by atoms with Gasteiger partial charge in [0.1, 0.15) is 5.82 Å². The molecule has 0 aliphatic carbocycles. The molecule has 2 aromatic rings. The van der Waals surface area contributed by atoms with E-state index in [4.69, 9.17) is 0 Å². The number of aromatic nitrogens is 3. The van der Waals surface area contributed by atoms with Crippen LogP contribution in [0.2, 0.25) is 0 Å². The van der Waals surface area contributed by atoms with Gasteiger partial charge in [-0.25, -0.2) is 4.98 Å². The summed E-state index contributed by atoms with van der Waals surface area (Å²) in [5.41, 5.74) is 2.65. The fraction of sp³-hybridized carbons (Fsp3) is 0.471. The quantitative estimate of drug-likeness (QED) is 0.857. The molecule has 1 aliphatic heterocycles. The number of pyridine rings is 1. The van der Waals surface area contributed by atoms with Crippen LogP contribution in [0.4, 0.5) is 11.5 Å². The van der Waals surface area contributed by atoms with Crippen molar-refractivity contribution in [3.05, 3.63) is 42.1 Å². The van der Waals surface area contributed by atoms with E-state index >= 15 is 0 Å². The van der Waals surface area contributed by atoms with Crippen molar-refractivity contribution in [2.75, 3.05) is 32.5 Å². The maximum Gasteiger partial charge on any atom is 0.281 e. The lowest BCUT2D eigenvalue weighted by molar-refractivity contribution is 0.296. The molecule has 1 N–H and O–H groups in total. The number of piperidine rings is 1. The minimum atomic E-state index is -3.40. The lowest BCUT2D eigenvalue weighted by atomic mass is 9.95. The SMILES string of the molecule is Cc1cc(Nc2cnccn2)cc([C@@H]2CCCN(S(=O)(=O)N(C)C)C2)n1. The van der Waals surface area contributed by atoms with Gasteiger partial charge in [-0.15, -0.1) is 0 Å². The molecule has 1 atom stereocenters. The Hall–Kier alpha value is -2.10. The van der Waals surface area contributed by atoms with E-state index in [1.807, 2.05) is 19.1 Å². The zero-order valence-corrected chi connectivity index (χ0v) is 16.1. The van der Waals surface area contributed by atoms with Gasteiger partial charge in [0.05, 0.1) is 6.20 Å². The Morgan fingerprint density at radius 2 is 2.08 bits per heavy atom. The van der Waals surface area contributed by atoms with Crippen LogP contribution in [-0.2, 0) is 10.2 Å². The summed E-state index contributed by atoms with van der Waals surface area (Å²) in [5.74, 6) is 0.727. The number of hydrogen-bond donors (Lipinski definition) is 1. The van der Waals surface area contributed by atoms with Crippen molar-refractivity contribution in [3.63, 3.8) is 0 Å². The molecule has 0 spiro atoms. The maximum absolute atomic E-state index is 12.4. The first-order valence-corrected chi connectivity index (χ1v) is 9.95. The Labute approximate surface area is 154 Å². The molecule has 1 fully saturated rings. The smallest absolute Gasteiger partial charge is 0.281 e. The summed E-state index contributed by atoms with van der Waals surface area (Å²) < 4.78 is 27.7. The molecule has 1 aliphatic rings. The predicted octanol–water partition coefficient (Wildman–Crippen LogP) is 1.91. The predicted molar refractivity (Wildman–Crippen MR) is 100 cm³/mol. The highest BCUT2D eigenvalue weighted by Gasteiger charge is 2.31. The molecule has 0 aromatic carbocycles. The Morgan fingerprint density at radius 3 is 2.77 bits per heavy atom. The van der Waals surface area contributed by atoms with Gasteiger partial charge < -0.3 is 5.32 Å². The van der Waals surface area contributed by atoms with Crippen LogP contribution in [0.15, 0.2) is 30.7 Å². The molecule has 3 heterocycles. The van der Waals surface area contributed by atoms with E-state index in [-0.39, 0.29) is 5.92 Å². The number of nitrogens with zero attached hydrogens (tertiary/aromatic N) is 5. The van der Waals surface area contributed by atoms with E-state index in [9.17, 15) is 8.42 Å². The van der Waals surface area contributed by atoms with Crippen LogP contribution in [0.5, 0.6) is 0 Å². The summed E-state index contributed by atoms with van der Waals surface area (Å²) >= 11 is 0. The second kappa shape index (κ2) is 7.65. The van der Waals surface area contributed by atoms with Gasteiger partial charge in [0.2, 0.25) is 0 Å². The minimum absolute atomic E-state index is 0.0702. The third-order valence-electron chi connectivity index (χ3n) is 4.40. The van der Waals surface area contributed by atoms with Crippen LogP contribution < -0.4 is 5.32 Å². The highest BCUT2D eigenvalue weighted by Crippen LogP contribution is 2.30. The second-order valence-electron chi connectivity index (χ2n) is 6.63. The molecular formula is C17H24N6O2S. The van der Waals surface area contributed by atoms with Gasteiger partial charge in [0, 0.05) is 62.6 Å². The summed E-state index contributed by atoms with van der Waals surface area (Å²) in [7, 11) is -0.280. The summed E-state index contributed by atoms with van der Waals surface area (Å²) in [6, 6.07) is 3.91. The van der Waals surface area contributed by atoms with Crippen LogP contribution >= 0.6 is 0 Å². The average Bonchev–Trinajstić information content (AvgIpc) is 2.62. The zero-order chi connectivity index (χ0) is 18.7. The van der Waals surface area contributed by atoms with E-state index < -0.39 is 10.2 Å². The topological polar surface area (TPSA) is 91.3 Å². The number of rotatable bonds is 5. The van der Waals surface area contributed by atoms with E-state index in [1.165, 1.54) is 4.31 Å². The van der Waals surface area contributed by atoms with Crippen LogP contribution in [0.25, 0.3) is 0 Å². The first kappa shape index (κ1) is 18.7. The number of anilines is 2. The van der Waals surface area contributed by atoms with Gasteiger partial charge in [-0.05, 0) is 31.9 Å². The average molecular weight is 376 g/mol. The largest absolute Gasteiger partial charge is 0.339 e. The van der Waals surface area contributed by atoms with E-state index in [0.717, 1.165) is 29.9 Å². The van der Waals surface area contributed by atoms with Crippen molar-refractivity contribution >= 4 is 21.7 Å². The van der Waals surface area contributed by atoms with Gasteiger partial charge in [-0.3, -0.25) is 9.97 Å². The lowest BCUT2D eigenvalue weighted by Crippen LogP contribution is -2.45. The summed E-state index contributed by atoms with van der Waals surface area (Å²) in [6.07, 6.45) is 6.64. The molecule has 9 heteroatoms. The van der Waals surface area contributed by atoms with E-state index in [0.29, 0.717) is 18.9 Å². The normalized spacial score (nSPS) is 18.8. The Balaban J connectivity index is 1.82. The molecule has 0 saturated carbocycles. The monoisotopic (exact) mass is 376 g/mol. The Bertz CT molecular complexity index is 857. The summed E-state index contributed by atoms with van der Waals surface area (Å²) in [5, 5.41) is 3.23. The molecule has 2 aromatic heterocycles. The van der Waals surface area contributed by atoms with Gasteiger partial charge >= 0.3 is 0 Å². The number of hydrogen-bond acceptors (Lipinski definition) is 6. The number of aryl methyl sites for hydroxylation is 1. The van der Waals surface area contributed by atoms with Crippen LogP contribution in [0.3, 0.4) is 0 Å². The van der Waals surface area contributed by atoms with Crippen molar-refractivity contribution in [1.29, 1.82) is 0 Å². The Kier molecular flexibility index (Phi) is 5.49. The molecular weight excluding hydrogens is 352 g/mol. The first-order valence-electron chi connectivity index (χ1n) is 8.55. The first-order chi connectivity index (χ1) is 12.4. The van der Waals surface area contributed by atoms with Crippen molar-refractivity contribution in [3.8, 4) is 0 Å². The molecule has 0 amide bonds.